The first kappa shape index (κ1) is 25.0. The molecule has 0 fully saturated rings. The molecule has 3 aromatic rings. The Bertz CT molecular complexity index is 1270. The number of aromatic hydroxyl groups is 1. The molecule has 10 heteroatoms. The Labute approximate surface area is 191 Å². The van der Waals surface area contributed by atoms with Gasteiger partial charge in [-0.2, -0.15) is 10.2 Å². The molecule has 0 amide bonds. The van der Waals surface area contributed by atoms with Crippen LogP contribution in [0, 0.1) is 0 Å². The molecule has 3 rings (SSSR count). The molecule has 170 valence electrons. The van der Waals surface area contributed by atoms with Crippen molar-refractivity contribution in [3.05, 3.63) is 97.2 Å². The predicted octanol–water partition coefficient (Wildman–Crippen LogP) is 5.45. The average molecular weight is 467 g/mol. The Morgan fingerprint density at radius 2 is 1.67 bits per heavy atom. The van der Waals surface area contributed by atoms with Crippen LogP contribution < -0.4 is 4.72 Å². The highest BCUT2D eigenvalue weighted by Gasteiger charge is 2.14. The lowest BCUT2D eigenvalue weighted by molar-refractivity contribution is 0.0693. The molecule has 0 radical (unpaired) electrons. The number of phenols is 1. The number of allylic oxidation sites excluding steroid dienone is 2. The smallest absolute Gasteiger partial charge is 0.339 e. The minimum absolute atomic E-state index is 0.0231. The largest absolute Gasteiger partial charge is 0.507 e. The normalized spacial score (nSPS) is 10.7. The van der Waals surface area contributed by atoms with Crippen molar-refractivity contribution >= 4 is 33.2 Å². The zero-order chi connectivity index (χ0) is 24.4. The van der Waals surface area contributed by atoms with Crippen molar-refractivity contribution in [3.63, 3.8) is 0 Å². The monoisotopic (exact) mass is 466 g/mol. The molecule has 0 spiro atoms. The van der Waals surface area contributed by atoms with E-state index in [0.717, 1.165) is 5.57 Å². The zero-order valence-corrected chi connectivity index (χ0v) is 18.5. The molecule has 1 aromatic heterocycles. The van der Waals surface area contributed by atoms with Crippen LogP contribution in [0.5, 0.6) is 5.75 Å². The summed E-state index contributed by atoms with van der Waals surface area (Å²) >= 11 is 0. The van der Waals surface area contributed by atoms with Crippen LogP contribution >= 0.6 is 0 Å². The van der Waals surface area contributed by atoms with Crippen LogP contribution in [-0.2, 0) is 10.0 Å². The topological polar surface area (TPSA) is 141 Å². The fraction of sp³-hybridized carbons (Fsp3) is 0.0435. The number of carboxylic acid groups (broad SMARTS) is 1. The van der Waals surface area contributed by atoms with E-state index in [9.17, 15) is 18.3 Å². The number of pyridine rings is 1. The van der Waals surface area contributed by atoms with Crippen molar-refractivity contribution in [1.29, 1.82) is 0 Å². The molecular weight excluding hydrogens is 444 g/mol. The maximum atomic E-state index is 12.3. The summed E-state index contributed by atoms with van der Waals surface area (Å²) in [5.74, 6) is -1.46. The van der Waals surface area contributed by atoms with Gasteiger partial charge in [-0.05, 0) is 61.5 Å². The van der Waals surface area contributed by atoms with Gasteiger partial charge in [0.1, 0.15) is 17.1 Å². The third kappa shape index (κ3) is 7.71. The highest BCUT2D eigenvalue weighted by molar-refractivity contribution is 7.92. The molecule has 33 heavy (non-hydrogen) atoms. The number of carbonyl (C=O) groups is 1. The van der Waals surface area contributed by atoms with Gasteiger partial charge in [-0.1, -0.05) is 30.9 Å². The number of hydrogen-bond acceptors (Lipinski definition) is 7. The second-order valence-corrected chi connectivity index (χ2v) is 8.25. The molecule has 0 aliphatic heterocycles. The molecule has 9 nitrogen and oxygen atoms in total. The first-order valence-electron chi connectivity index (χ1n) is 9.42. The summed E-state index contributed by atoms with van der Waals surface area (Å²) in [6.07, 6.45) is 3.19. The summed E-state index contributed by atoms with van der Waals surface area (Å²) in [4.78, 5) is 14.9. The fourth-order valence-electron chi connectivity index (χ4n) is 2.18. The molecule has 0 atom stereocenters. The van der Waals surface area contributed by atoms with E-state index in [-0.39, 0.29) is 27.7 Å². The maximum absolute atomic E-state index is 12.3. The van der Waals surface area contributed by atoms with E-state index in [1.165, 1.54) is 54.7 Å². The standard InChI is InChI=1S/C18H14N4O5S.C5H8/c23-16-9-6-13(11-15(16)18(24)25)21-20-12-4-7-14(8-5-12)28(26,27)22-17-3-1-2-10-19-17;1-4-5(2)3/h1-11,23H,(H,19,22)(H,24,25);4H,1-2H2,3H3/b21-20+;. The van der Waals surface area contributed by atoms with Gasteiger partial charge < -0.3 is 10.2 Å². The summed E-state index contributed by atoms with van der Waals surface area (Å²) < 4.78 is 27.0. The van der Waals surface area contributed by atoms with Gasteiger partial charge in [-0.3, -0.25) is 4.72 Å². The average Bonchev–Trinajstić information content (AvgIpc) is 2.79. The first-order valence-corrected chi connectivity index (χ1v) is 10.9. The van der Waals surface area contributed by atoms with Gasteiger partial charge in [0.25, 0.3) is 10.0 Å². The first-order chi connectivity index (χ1) is 15.6. The number of aromatic nitrogens is 1. The Balaban J connectivity index is 0.000000696. The number of rotatable bonds is 7. The van der Waals surface area contributed by atoms with Crippen LogP contribution in [0.3, 0.4) is 0 Å². The Kier molecular flexibility index (Phi) is 8.58. The van der Waals surface area contributed by atoms with E-state index in [0.29, 0.717) is 5.69 Å². The number of nitrogens with one attached hydrogen (secondary N) is 1. The van der Waals surface area contributed by atoms with Gasteiger partial charge >= 0.3 is 5.97 Å². The van der Waals surface area contributed by atoms with Crippen molar-refractivity contribution in [2.24, 2.45) is 10.2 Å². The second kappa shape index (κ2) is 11.3. The summed E-state index contributed by atoms with van der Waals surface area (Å²) in [6.45, 7) is 8.93. The van der Waals surface area contributed by atoms with Crippen molar-refractivity contribution in [3.8, 4) is 5.75 Å². The predicted molar refractivity (Wildman–Crippen MR) is 126 cm³/mol. The molecular formula is C23H22N4O5S. The lowest BCUT2D eigenvalue weighted by atomic mass is 10.2. The molecule has 1 heterocycles. The van der Waals surface area contributed by atoms with Gasteiger partial charge in [0.05, 0.1) is 16.3 Å². The minimum atomic E-state index is -3.79. The lowest BCUT2D eigenvalue weighted by Gasteiger charge is -2.07. The number of hydrogen-bond donors (Lipinski definition) is 3. The van der Waals surface area contributed by atoms with E-state index in [1.807, 2.05) is 6.92 Å². The van der Waals surface area contributed by atoms with Gasteiger partial charge in [0, 0.05) is 6.20 Å². The van der Waals surface area contributed by atoms with Crippen LogP contribution in [0.2, 0.25) is 0 Å². The van der Waals surface area contributed by atoms with Gasteiger partial charge in [-0.15, -0.1) is 0 Å². The van der Waals surface area contributed by atoms with Crippen LogP contribution in [0.1, 0.15) is 17.3 Å². The molecule has 0 aliphatic rings. The van der Waals surface area contributed by atoms with Gasteiger partial charge in [-0.25, -0.2) is 18.2 Å². The molecule has 0 aliphatic carbocycles. The van der Waals surface area contributed by atoms with E-state index in [4.69, 9.17) is 5.11 Å². The summed E-state index contributed by atoms with van der Waals surface area (Å²) in [5.41, 5.74) is 1.31. The lowest BCUT2D eigenvalue weighted by Crippen LogP contribution is -2.13. The fourth-order valence-corrected chi connectivity index (χ4v) is 3.19. The van der Waals surface area contributed by atoms with Crippen LogP contribution in [0.4, 0.5) is 17.2 Å². The van der Waals surface area contributed by atoms with E-state index >= 15 is 0 Å². The Morgan fingerprint density at radius 3 is 2.21 bits per heavy atom. The van der Waals surface area contributed by atoms with Crippen LogP contribution in [0.25, 0.3) is 0 Å². The summed E-state index contributed by atoms with van der Waals surface area (Å²) in [7, 11) is -3.79. The molecule has 3 N–H and O–H groups in total. The van der Waals surface area contributed by atoms with E-state index < -0.39 is 16.0 Å². The third-order valence-corrected chi connectivity index (χ3v) is 5.26. The van der Waals surface area contributed by atoms with Crippen molar-refractivity contribution in [2.75, 3.05) is 4.72 Å². The molecule has 2 aromatic carbocycles. The summed E-state index contributed by atoms with van der Waals surface area (Å²) in [5, 5.41) is 26.3. The summed E-state index contributed by atoms with van der Waals surface area (Å²) in [6, 6.07) is 14.3. The number of aromatic carboxylic acids is 1. The minimum Gasteiger partial charge on any atom is -0.507 e. The number of nitrogens with zero attached hydrogens (tertiary/aromatic N) is 3. The quantitative estimate of drug-likeness (QED) is 0.312. The van der Waals surface area contributed by atoms with Crippen LogP contribution in [0.15, 0.2) is 107 Å². The highest BCUT2D eigenvalue weighted by atomic mass is 32.2. The second-order valence-electron chi connectivity index (χ2n) is 6.57. The highest BCUT2D eigenvalue weighted by Crippen LogP contribution is 2.26. The number of azo groups is 1. The molecule has 0 saturated heterocycles. The third-order valence-electron chi connectivity index (χ3n) is 3.89. The van der Waals surface area contributed by atoms with Crippen molar-refractivity contribution in [2.45, 2.75) is 11.8 Å². The number of carboxylic acids is 1. The number of anilines is 1. The van der Waals surface area contributed by atoms with Crippen LogP contribution in [-0.4, -0.2) is 29.6 Å². The molecule has 0 unspecified atom stereocenters. The van der Waals surface area contributed by atoms with Crippen molar-refractivity contribution in [1.82, 2.24) is 4.98 Å². The van der Waals surface area contributed by atoms with Crippen molar-refractivity contribution < 1.29 is 23.4 Å². The van der Waals surface area contributed by atoms with E-state index in [1.54, 1.807) is 18.2 Å². The molecule has 0 saturated carbocycles. The Morgan fingerprint density at radius 1 is 1.06 bits per heavy atom. The number of sulfonamides is 1. The number of benzene rings is 2. The molecule has 0 bridgehead atoms. The van der Waals surface area contributed by atoms with Gasteiger partial charge in [0.15, 0.2) is 0 Å². The zero-order valence-electron chi connectivity index (χ0n) is 17.7. The Hall–Kier alpha value is -4.31. The van der Waals surface area contributed by atoms with Gasteiger partial charge in [0.2, 0.25) is 0 Å². The SMILES string of the molecule is C=CC(=C)C.O=C(O)c1cc(/N=N/c2ccc(S(=O)(=O)Nc3ccccn3)cc2)ccc1O. The van der Waals surface area contributed by atoms with E-state index in [2.05, 4.69) is 33.1 Å². The maximum Gasteiger partial charge on any atom is 0.339 e.